The van der Waals surface area contributed by atoms with Crippen molar-refractivity contribution in [2.75, 3.05) is 13.6 Å². The van der Waals surface area contributed by atoms with Crippen molar-refractivity contribution >= 4 is 0 Å². The fraction of sp³-hybridized carbons (Fsp3) is 0.571. The van der Waals surface area contributed by atoms with Crippen LogP contribution >= 0.6 is 0 Å². The molecule has 2 N–H and O–H groups in total. The summed E-state index contributed by atoms with van der Waals surface area (Å²) in [6, 6.07) is 8.83. The van der Waals surface area contributed by atoms with Crippen LogP contribution in [0.1, 0.15) is 31.9 Å². The molecule has 0 spiro atoms. The van der Waals surface area contributed by atoms with Gasteiger partial charge in [-0.15, -0.1) is 0 Å². The Morgan fingerprint density at radius 2 is 1.62 bits per heavy atom. The molecule has 0 fully saturated rings. The molecule has 0 heterocycles. The lowest BCUT2D eigenvalue weighted by Gasteiger charge is -2.24. The Kier molecular flexibility index (Phi) is 4.97. The Balaban J connectivity index is 2.37. The van der Waals surface area contributed by atoms with Crippen molar-refractivity contribution in [3.63, 3.8) is 0 Å². The van der Waals surface area contributed by atoms with E-state index in [-0.39, 0.29) is 5.54 Å². The van der Waals surface area contributed by atoms with Crippen LogP contribution in [0.25, 0.3) is 0 Å². The highest BCUT2D eigenvalue weighted by molar-refractivity contribution is 5.22. The molecule has 0 radical (unpaired) electrons. The van der Waals surface area contributed by atoms with Gasteiger partial charge in [0.15, 0.2) is 0 Å². The van der Waals surface area contributed by atoms with Crippen LogP contribution in [0.15, 0.2) is 24.3 Å². The first-order chi connectivity index (χ1) is 7.57. The monoisotopic (exact) mass is 220 g/mol. The fourth-order valence-corrected chi connectivity index (χ4v) is 1.50. The number of hydrogen-bond donors (Lipinski definition) is 2. The molecule has 0 amide bonds. The summed E-state index contributed by atoms with van der Waals surface area (Å²) in [5.74, 6) is 0. The maximum atomic E-state index is 3.47. The topological polar surface area (TPSA) is 24.1 Å². The second kappa shape index (κ2) is 6.02. The molecule has 16 heavy (non-hydrogen) atoms. The van der Waals surface area contributed by atoms with E-state index in [0.717, 1.165) is 19.5 Å². The van der Waals surface area contributed by atoms with E-state index in [9.17, 15) is 0 Å². The molecular formula is C14H24N2. The summed E-state index contributed by atoms with van der Waals surface area (Å²) in [5, 5.41) is 6.75. The van der Waals surface area contributed by atoms with Gasteiger partial charge in [-0.2, -0.15) is 0 Å². The smallest absolute Gasteiger partial charge is 0.0246 e. The highest BCUT2D eigenvalue weighted by Gasteiger charge is 2.12. The number of benzene rings is 1. The number of aryl methyl sites for hydroxylation is 1. The van der Waals surface area contributed by atoms with Crippen LogP contribution in [0.3, 0.4) is 0 Å². The molecule has 2 heteroatoms. The van der Waals surface area contributed by atoms with E-state index in [1.54, 1.807) is 0 Å². The third-order valence-electron chi connectivity index (χ3n) is 3.00. The minimum Gasteiger partial charge on any atom is -0.314 e. The number of likely N-dealkylation sites (N-methyl/N-ethyl adjacent to an activating group) is 1. The zero-order chi connectivity index (χ0) is 12.0. The average molecular weight is 220 g/mol. The van der Waals surface area contributed by atoms with Gasteiger partial charge < -0.3 is 10.6 Å². The van der Waals surface area contributed by atoms with Crippen molar-refractivity contribution in [1.29, 1.82) is 0 Å². The summed E-state index contributed by atoms with van der Waals surface area (Å²) in [6.07, 6.45) is 1.11. The van der Waals surface area contributed by atoms with Gasteiger partial charge in [0.1, 0.15) is 0 Å². The molecule has 0 aromatic heterocycles. The minimum absolute atomic E-state index is 0.156. The van der Waals surface area contributed by atoms with Gasteiger partial charge in [0.25, 0.3) is 0 Å². The van der Waals surface area contributed by atoms with Crippen LogP contribution in [0.2, 0.25) is 0 Å². The van der Waals surface area contributed by atoms with Crippen LogP contribution in [0, 0.1) is 0 Å². The zero-order valence-corrected chi connectivity index (χ0v) is 10.9. The second-order valence-corrected chi connectivity index (χ2v) is 4.91. The summed E-state index contributed by atoms with van der Waals surface area (Å²) >= 11 is 0. The molecule has 0 bridgehead atoms. The number of hydrogen-bond acceptors (Lipinski definition) is 2. The summed E-state index contributed by atoms with van der Waals surface area (Å²) in [6.45, 7) is 8.48. The van der Waals surface area contributed by atoms with Gasteiger partial charge in [-0.05, 0) is 38.4 Å². The molecule has 90 valence electrons. The van der Waals surface area contributed by atoms with Crippen LogP contribution in [-0.4, -0.2) is 19.1 Å². The van der Waals surface area contributed by atoms with Crippen molar-refractivity contribution < 1.29 is 0 Å². The molecule has 0 unspecified atom stereocenters. The van der Waals surface area contributed by atoms with Gasteiger partial charge in [-0.3, -0.25) is 0 Å². The van der Waals surface area contributed by atoms with Gasteiger partial charge in [-0.1, -0.05) is 31.2 Å². The first-order valence-corrected chi connectivity index (χ1v) is 6.05. The number of rotatable bonds is 6. The highest BCUT2D eigenvalue weighted by atomic mass is 15.0. The van der Waals surface area contributed by atoms with E-state index in [0.29, 0.717) is 0 Å². The van der Waals surface area contributed by atoms with Gasteiger partial charge in [0, 0.05) is 18.6 Å². The van der Waals surface area contributed by atoms with Gasteiger partial charge in [-0.25, -0.2) is 0 Å². The van der Waals surface area contributed by atoms with Crippen molar-refractivity contribution in [3.05, 3.63) is 35.4 Å². The van der Waals surface area contributed by atoms with E-state index >= 15 is 0 Å². The predicted molar refractivity (Wildman–Crippen MR) is 70.7 cm³/mol. The average Bonchev–Trinajstić information content (AvgIpc) is 2.30. The van der Waals surface area contributed by atoms with Crippen molar-refractivity contribution in [3.8, 4) is 0 Å². The summed E-state index contributed by atoms with van der Waals surface area (Å²) < 4.78 is 0. The normalized spacial score (nSPS) is 11.8. The van der Waals surface area contributed by atoms with E-state index < -0.39 is 0 Å². The van der Waals surface area contributed by atoms with Crippen LogP contribution in [-0.2, 0) is 13.0 Å². The van der Waals surface area contributed by atoms with Crippen molar-refractivity contribution in [2.24, 2.45) is 0 Å². The maximum Gasteiger partial charge on any atom is 0.0246 e. The Morgan fingerprint density at radius 1 is 1.06 bits per heavy atom. The maximum absolute atomic E-state index is 3.47. The molecule has 2 nitrogen and oxygen atoms in total. The lowest BCUT2D eigenvalue weighted by molar-refractivity contribution is 0.393. The molecule has 1 rings (SSSR count). The van der Waals surface area contributed by atoms with Crippen molar-refractivity contribution in [1.82, 2.24) is 10.6 Å². The van der Waals surface area contributed by atoms with Gasteiger partial charge >= 0.3 is 0 Å². The third kappa shape index (κ3) is 4.33. The van der Waals surface area contributed by atoms with E-state index in [1.807, 2.05) is 7.05 Å². The largest absolute Gasteiger partial charge is 0.314 e. The predicted octanol–water partition coefficient (Wildman–Crippen LogP) is 2.34. The van der Waals surface area contributed by atoms with E-state index in [2.05, 4.69) is 55.7 Å². The first kappa shape index (κ1) is 13.2. The Hall–Kier alpha value is -0.860. The van der Waals surface area contributed by atoms with Crippen LogP contribution < -0.4 is 10.6 Å². The van der Waals surface area contributed by atoms with E-state index in [1.165, 1.54) is 11.1 Å². The fourth-order valence-electron chi connectivity index (χ4n) is 1.50. The molecule has 0 saturated heterocycles. The Labute approximate surface area is 99.5 Å². The summed E-state index contributed by atoms with van der Waals surface area (Å²) in [4.78, 5) is 0. The third-order valence-corrected chi connectivity index (χ3v) is 3.00. The van der Waals surface area contributed by atoms with Gasteiger partial charge in [0.2, 0.25) is 0 Å². The minimum atomic E-state index is 0.156. The molecular weight excluding hydrogens is 196 g/mol. The zero-order valence-electron chi connectivity index (χ0n) is 10.9. The van der Waals surface area contributed by atoms with Gasteiger partial charge in [0.05, 0.1) is 0 Å². The molecule has 1 aromatic rings. The molecule has 1 aromatic carbocycles. The molecule has 0 aliphatic heterocycles. The lowest BCUT2D eigenvalue weighted by atomic mass is 10.1. The summed E-state index contributed by atoms with van der Waals surface area (Å²) in [7, 11) is 2.00. The standard InChI is InChI=1S/C14H24N2/c1-5-12-6-8-13(9-7-12)10-16-11-14(2,3)15-4/h6-9,15-16H,5,10-11H2,1-4H3. The Bertz CT molecular complexity index is 301. The summed E-state index contributed by atoms with van der Waals surface area (Å²) in [5.41, 5.74) is 2.91. The first-order valence-electron chi connectivity index (χ1n) is 6.05. The van der Waals surface area contributed by atoms with Crippen LogP contribution in [0.4, 0.5) is 0 Å². The molecule has 0 atom stereocenters. The molecule has 0 aliphatic rings. The Morgan fingerprint density at radius 3 is 2.12 bits per heavy atom. The highest BCUT2D eigenvalue weighted by Crippen LogP contribution is 2.05. The lowest BCUT2D eigenvalue weighted by Crippen LogP contribution is -2.45. The van der Waals surface area contributed by atoms with Crippen molar-refractivity contribution in [2.45, 2.75) is 39.3 Å². The quantitative estimate of drug-likeness (QED) is 0.769. The second-order valence-electron chi connectivity index (χ2n) is 4.91. The SMILES string of the molecule is CCc1ccc(CNCC(C)(C)NC)cc1. The van der Waals surface area contributed by atoms with Crippen LogP contribution in [0.5, 0.6) is 0 Å². The molecule has 0 aliphatic carbocycles. The number of nitrogens with one attached hydrogen (secondary N) is 2. The molecule has 0 saturated carbocycles. The van der Waals surface area contributed by atoms with E-state index in [4.69, 9.17) is 0 Å².